The summed E-state index contributed by atoms with van der Waals surface area (Å²) in [5.41, 5.74) is 0.819. The van der Waals surface area contributed by atoms with Crippen molar-refractivity contribution >= 4 is 44.9 Å². The predicted molar refractivity (Wildman–Crippen MR) is 73.9 cm³/mol. The Morgan fingerprint density at radius 1 is 1.39 bits per heavy atom. The third kappa shape index (κ3) is 2.86. The van der Waals surface area contributed by atoms with Crippen molar-refractivity contribution < 1.29 is 14.3 Å². The van der Waals surface area contributed by atoms with Crippen molar-refractivity contribution in [3.63, 3.8) is 0 Å². The van der Waals surface area contributed by atoms with Crippen molar-refractivity contribution in [1.29, 1.82) is 0 Å². The second-order valence-corrected chi connectivity index (χ2v) is 5.31. The van der Waals surface area contributed by atoms with Gasteiger partial charge in [-0.15, -0.1) is 11.3 Å². The summed E-state index contributed by atoms with van der Waals surface area (Å²) in [6.07, 6.45) is 1.53. The van der Waals surface area contributed by atoms with Crippen molar-refractivity contribution in [2.24, 2.45) is 0 Å². The van der Waals surface area contributed by atoms with Crippen molar-refractivity contribution in [1.82, 2.24) is 0 Å². The Bertz CT molecular complexity index is 605. The molecule has 0 saturated heterocycles. The second-order valence-electron chi connectivity index (χ2n) is 3.51. The summed E-state index contributed by atoms with van der Waals surface area (Å²) in [6, 6.07) is 7.67. The molecule has 0 aliphatic carbocycles. The fourth-order valence-electron chi connectivity index (χ4n) is 1.44. The lowest BCUT2D eigenvalue weighted by atomic mass is 10.1. The SMILES string of the molecule is O=C(O)/C(=C/c1ccc(F)cc1Br)c1cccs1. The van der Waals surface area contributed by atoms with E-state index < -0.39 is 5.97 Å². The molecule has 0 aliphatic rings. The Hall–Kier alpha value is -1.46. The van der Waals surface area contributed by atoms with Crippen LogP contribution in [0, 0.1) is 5.82 Å². The topological polar surface area (TPSA) is 37.3 Å². The van der Waals surface area contributed by atoms with Gasteiger partial charge in [-0.3, -0.25) is 0 Å². The lowest BCUT2D eigenvalue weighted by Crippen LogP contribution is -1.97. The lowest BCUT2D eigenvalue weighted by Gasteiger charge is -2.02. The third-order valence-electron chi connectivity index (χ3n) is 2.28. The third-order valence-corrected chi connectivity index (χ3v) is 3.87. The lowest BCUT2D eigenvalue weighted by molar-refractivity contribution is -0.130. The smallest absolute Gasteiger partial charge is 0.337 e. The van der Waals surface area contributed by atoms with E-state index >= 15 is 0 Å². The quantitative estimate of drug-likeness (QED) is 0.855. The van der Waals surface area contributed by atoms with Gasteiger partial charge in [0.15, 0.2) is 0 Å². The van der Waals surface area contributed by atoms with Gasteiger partial charge in [0, 0.05) is 9.35 Å². The summed E-state index contributed by atoms with van der Waals surface area (Å²) in [7, 11) is 0. The van der Waals surface area contributed by atoms with Crippen LogP contribution < -0.4 is 0 Å². The van der Waals surface area contributed by atoms with E-state index in [0.717, 1.165) is 0 Å². The number of benzene rings is 1. The van der Waals surface area contributed by atoms with Crippen LogP contribution in [-0.2, 0) is 4.79 Å². The molecular weight excluding hydrogens is 319 g/mol. The number of halogens is 2. The molecule has 18 heavy (non-hydrogen) atoms. The van der Waals surface area contributed by atoms with Crippen molar-refractivity contribution in [3.8, 4) is 0 Å². The highest BCUT2D eigenvalue weighted by molar-refractivity contribution is 9.10. The molecule has 0 saturated carbocycles. The number of hydrogen-bond donors (Lipinski definition) is 1. The molecule has 92 valence electrons. The highest BCUT2D eigenvalue weighted by Crippen LogP contribution is 2.26. The number of thiophene rings is 1. The first-order valence-corrected chi connectivity index (χ1v) is 6.69. The van der Waals surface area contributed by atoms with Crippen LogP contribution in [-0.4, -0.2) is 11.1 Å². The monoisotopic (exact) mass is 326 g/mol. The number of carboxylic acids is 1. The minimum atomic E-state index is -1.01. The number of aliphatic carboxylic acids is 1. The largest absolute Gasteiger partial charge is 0.478 e. The molecule has 0 fully saturated rings. The summed E-state index contributed by atoms with van der Waals surface area (Å²) in [5.74, 6) is -1.37. The molecule has 2 aromatic rings. The average molecular weight is 327 g/mol. The molecular formula is C13H8BrFO2S. The minimum absolute atomic E-state index is 0.192. The van der Waals surface area contributed by atoms with Crippen LogP contribution in [0.5, 0.6) is 0 Å². The molecule has 0 spiro atoms. The van der Waals surface area contributed by atoms with Gasteiger partial charge in [0.25, 0.3) is 0 Å². The number of carbonyl (C=O) groups is 1. The van der Waals surface area contributed by atoms with Crippen LogP contribution >= 0.6 is 27.3 Å². The van der Waals surface area contributed by atoms with Crippen LogP contribution in [0.25, 0.3) is 11.6 Å². The molecule has 1 heterocycles. The first kappa shape index (κ1) is 13.0. The molecule has 2 nitrogen and oxygen atoms in total. The average Bonchev–Trinajstić information content (AvgIpc) is 2.80. The molecule has 1 aromatic carbocycles. The van der Waals surface area contributed by atoms with Gasteiger partial charge in [-0.05, 0) is 35.2 Å². The van der Waals surface area contributed by atoms with Crippen molar-refractivity contribution in [2.75, 3.05) is 0 Å². The van der Waals surface area contributed by atoms with Crippen LogP contribution in [0.3, 0.4) is 0 Å². The van der Waals surface area contributed by atoms with Gasteiger partial charge in [-0.1, -0.05) is 28.1 Å². The minimum Gasteiger partial charge on any atom is -0.478 e. The predicted octanol–water partition coefficient (Wildman–Crippen LogP) is 4.27. The molecule has 0 amide bonds. The van der Waals surface area contributed by atoms with Crippen LogP contribution in [0.2, 0.25) is 0 Å². The molecule has 2 rings (SSSR count). The number of carboxylic acid groups (broad SMARTS) is 1. The fourth-order valence-corrected chi connectivity index (χ4v) is 2.64. The number of hydrogen-bond acceptors (Lipinski definition) is 2. The Morgan fingerprint density at radius 2 is 2.17 bits per heavy atom. The Kier molecular flexibility index (Phi) is 3.93. The first-order chi connectivity index (χ1) is 8.58. The van der Waals surface area contributed by atoms with E-state index in [-0.39, 0.29) is 11.4 Å². The molecule has 0 bridgehead atoms. The molecule has 0 radical (unpaired) electrons. The molecule has 0 atom stereocenters. The zero-order valence-electron chi connectivity index (χ0n) is 9.06. The Labute approximate surface area is 116 Å². The normalized spacial score (nSPS) is 11.6. The van der Waals surface area contributed by atoms with E-state index in [9.17, 15) is 14.3 Å². The van der Waals surface area contributed by atoms with Gasteiger partial charge in [0.05, 0.1) is 5.57 Å². The zero-order chi connectivity index (χ0) is 13.1. The summed E-state index contributed by atoms with van der Waals surface area (Å²) in [4.78, 5) is 11.9. The second kappa shape index (κ2) is 5.46. The Morgan fingerprint density at radius 3 is 2.72 bits per heavy atom. The Balaban J connectivity index is 2.49. The zero-order valence-corrected chi connectivity index (χ0v) is 11.5. The standard InChI is InChI=1S/C13H8BrFO2S/c14-11-7-9(15)4-3-8(11)6-10(13(16)17)12-2-1-5-18-12/h1-7H,(H,16,17)/b10-6+. The molecule has 1 aromatic heterocycles. The summed E-state index contributed by atoms with van der Waals surface area (Å²) < 4.78 is 13.5. The van der Waals surface area contributed by atoms with Crippen molar-refractivity contribution in [2.45, 2.75) is 0 Å². The van der Waals surface area contributed by atoms with Gasteiger partial charge >= 0.3 is 5.97 Å². The van der Waals surface area contributed by atoms with Gasteiger partial charge < -0.3 is 5.11 Å². The fraction of sp³-hybridized carbons (Fsp3) is 0. The maximum absolute atomic E-state index is 13.0. The molecule has 0 unspecified atom stereocenters. The first-order valence-electron chi connectivity index (χ1n) is 5.02. The van der Waals surface area contributed by atoms with E-state index in [0.29, 0.717) is 14.9 Å². The summed E-state index contributed by atoms with van der Waals surface area (Å²) in [6.45, 7) is 0. The van der Waals surface area contributed by atoms with Crippen LogP contribution in [0.1, 0.15) is 10.4 Å². The van der Waals surface area contributed by atoms with Crippen molar-refractivity contribution in [3.05, 3.63) is 56.4 Å². The van der Waals surface area contributed by atoms with Gasteiger partial charge in [-0.2, -0.15) is 0 Å². The van der Waals surface area contributed by atoms with E-state index in [2.05, 4.69) is 15.9 Å². The summed E-state index contributed by atoms with van der Waals surface area (Å²) >= 11 is 4.56. The maximum atomic E-state index is 13.0. The molecule has 5 heteroatoms. The van der Waals surface area contributed by atoms with E-state index in [1.165, 1.54) is 35.6 Å². The summed E-state index contributed by atoms with van der Waals surface area (Å²) in [5, 5.41) is 11.0. The van der Waals surface area contributed by atoms with Crippen LogP contribution in [0.15, 0.2) is 40.2 Å². The highest BCUT2D eigenvalue weighted by atomic mass is 79.9. The maximum Gasteiger partial charge on any atom is 0.337 e. The van der Waals surface area contributed by atoms with Gasteiger partial charge in [0.2, 0.25) is 0 Å². The molecule has 0 aliphatic heterocycles. The van der Waals surface area contributed by atoms with Gasteiger partial charge in [-0.25, -0.2) is 9.18 Å². The number of rotatable bonds is 3. The van der Waals surface area contributed by atoms with E-state index in [1.807, 2.05) is 5.38 Å². The van der Waals surface area contributed by atoms with Crippen LogP contribution in [0.4, 0.5) is 4.39 Å². The highest BCUT2D eigenvalue weighted by Gasteiger charge is 2.12. The van der Waals surface area contributed by atoms with E-state index in [1.54, 1.807) is 12.1 Å². The van der Waals surface area contributed by atoms with E-state index in [4.69, 9.17) is 0 Å². The van der Waals surface area contributed by atoms with Gasteiger partial charge in [0.1, 0.15) is 5.82 Å². The molecule has 1 N–H and O–H groups in total.